The summed E-state index contributed by atoms with van der Waals surface area (Å²) < 4.78 is 10.4. The maximum absolute atomic E-state index is 12.5. The van der Waals surface area contributed by atoms with E-state index in [-0.39, 0.29) is 25.0 Å². The summed E-state index contributed by atoms with van der Waals surface area (Å²) in [6.07, 6.45) is 8.21. The molecule has 3 heterocycles. The van der Waals surface area contributed by atoms with Crippen molar-refractivity contribution >= 4 is 34.4 Å². The van der Waals surface area contributed by atoms with Crippen molar-refractivity contribution < 1.29 is 18.8 Å². The molecule has 0 saturated heterocycles. The summed E-state index contributed by atoms with van der Waals surface area (Å²) in [7, 11) is 0. The SMILES string of the molecule is Cc1cc(CNC(=O)OCC2CCc3c(sc(NC(=O)/C=C/c4cnccc4C)c3C#N)C2)no1. The Bertz CT molecular complexity index is 1300. The molecule has 2 amide bonds. The van der Waals surface area contributed by atoms with Crippen LogP contribution in [0, 0.1) is 31.1 Å². The normalized spacial score (nSPS) is 14.8. The van der Waals surface area contributed by atoms with Crippen molar-refractivity contribution in [1.82, 2.24) is 15.5 Å². The average molecular weight is 492 g/mol. The van der Waals surface area contributed by atoms with Crippen LogP contribution in [-0.4, -0.2) is 28.7 Å². The first-order valence-electron chi connectivity index (χ1n) is 11.2. The highest BCUT2D eigenvalue weighted by molar-refractivity contribution is 7.16. The number of hydrogen-bond acceptors (Lipinski definition) is 8. The molecule has 3 aromatic rings. The summed E-state index contributed by atoms with van der Waals surface area (Å²) in [6, 6.07) is 5.87. The molecular formula is C25H25N5O4S. The number of anilines is 1. The minimum Gasteiger partial charge on any atom is -0.449 e. The summed E-state index contributed by atoms with van der Waals surface area (Å²) in [6.45, 7) is 4.24. The van der Waals surface area contributed by atoms with Crippen molar-refractivity contribution in [2.24, 2.45) is 5.92 Å². The molecule has 1 aliphatic rings. The number of amides is 2. The lowest BCUT2D eigenvalue weighted by atomic mass is 9.88. The minimum absolute atomic E-state index is 0.143. The maximum atomic E-state index is 12.5. The number of nitriles is 1. The van der Waals surface area contributed by atoms with Gasteiger partial charge in [-0.15, -0.1) is 11.3 Å². The second kappa shape index (κ2) is 11.0. The Morgan fingerprint density at radius 1 is 1.40 bits per heavy atom. The van der Waals surface area contributed by atoms with Gasteiger partial charge in [0.05, 0.1) is 18.7 Å². The lowest BCUT2D eigenvalue weighted by Gasteiger charge is -2.21. The third-order valence-electron chi connectivity index (χ3n) is 5.75. The van der Waals surface area contributed by atoms with Gasteiger partial charge in [0.15, 0.2) is 0 Å². The summed E-state index contributed by atoms with van der Waals surface area (Å²) in [5.41, 5.74) is 4.00. The van der Waals surface area contributed by atoms with Crippen molar-refractivity contribution in [2.45, 2.75) is 39.7 Å². The zero-order chi connectivity index (χ0) is 24.8. The standard InChI is InChI=1S/C25H25N5O4S/c1-15-7-8-27-12-18(15)4-6-23(31)29-24-21(11-26)20-5-3-17(10-22(20)35-24)14-33-25(32)28-13-19-9-16(2)34-30-19/h4,6-9,12,17H,3,5,10,13-14H2,1-2H3,(H,28,32)(H,29,31)/b6-4+. The van der Waals surface area contributed by atoms with E-state index in [1.54, 1.807) is 31.5 Å². The van der Waals surface area contributed by atoms with Gasteiger partial charge in [0.2, 0.25) is 5.91 Å². The zero-order valence-corrected chi connectivity index (χ0v) is 20.3. The van der Waals surface area contributed by atoms with Crippen LogP contribution in [0.3, 0.4) is 0 Å². The third-order valence-corrected chi connectivity index (χ3v) is 6.92. The predicted molar refractivity (Wildman–Crippen MR) is 131 cm³/mol. The monoisotopic (exact) mass is 491 g/mol. The van der Waals surface area contributed by atoms with E-state index in [1.807, 2.05) is 13.0 Å². The van der Waals surface area contributed by atoms with Gasteiger partial charge in [-0.05, 0) is 67.9 Å². The molecule has 0 spiro atoms. The summed E-state index contributed by atoms with van der Waals surface area (Å²) >= 11 is 1.41. The highest BCUT2D eigenvalue weighted by Crippen LogP contribution is 2.39. The number of rotatable bonds is 7. The molecule has 1 aliphatic carbocycles. The van der Waals surface area contributed by atoms with Crippen molar-refractivity contribution in [3.05, 3.63) is 69.2 Å². The van der Waals surface area contributed by atoms with E-state index in [0.717, 1.165) is 28.0 Å². The Balaban J connectivity index is 1.32. The fraction of sp³-hybridized carbons (Fsp3) is 0.320. The summed E-state index contributed by atoms with van der Waals surface area (Å²) in [5.74, 6) is 0.517. The summed E-state index contributed by atoms with van der Waals surface area (Å²) in [4.78, 5) is 29.6. The lowest BCUT2D eigenvalue weighted by molar-refractivity contribution is -0.111. The van der Waals surface area contributed by atoms with E-state index < -0.39 is 6.09 Å². The molecule has 0 bridgehead atoms. The van der Waals surface area contributed by atoms with Gasteiger partial charge in [-0.2, -0.15) is 5.26 Å². The van der Waals surface area contributed by atoms with Crippen LogP contribution in [0.5, 0.6) is 0 Å². The molecule has 1 unspecified atom stereocenters. The van der Waals surface area contributed by atoms with Crippen molar-refractivity contribution in [2.75, 3.05) is 11.9 Å². The number of nitrogens with one attached hydrogen (secondary N) is 2. The molecule has 3 aromatic heterocycles. The average Bonchev–Trinajstić information content (AvgIpc) is 3.42. The van der Waals surface area contributed by atoms with E-state index in [9.17, 15) is 14.9 Å². The molecule has 35 heavy (non-hydrogen) atoms. The number of alkyl carbamates (subject to hydrolysis) is 1. The van der Waals surface area contributed by atoms with Crippen LogP contribution in [0.4, 0.5) is 9.80 Å². The molecule has 10 heteroatoms. The van der Waals surface area contributed by atoms with Gasteiger partial charge in [0.25, 0.3) is 0 Å². The molecule has 2 N–H and O–H groups in total. The molecule has 0 fully saturated rings. The molecule has 4 rings (SSSR count). The number of carbonyl (C=O) groups is 2. The Kier molecular flexibility index (Phi) is 7.57. The van der Waals surface area contributed by atoms with Crippen LogP contribution in [0.25, 0.3) is 6.08 Å². The quantitative estimate of drug-likeness (QED) is 0.471. The van der Waals surface area contributed by atoms with Crippen molar-refractivity contribution in [3.63, 3.8) is 0 Å². The number of aryl methyl sites for hydroxylation is 2. The van der Waals surface area contributed by atoms with E-state index in [0.29, 0.717) is 34.9 Å². The van der Waals surface area contributed by atoms with E-state index in [1.165, 1.54) is 17.4 Å². The zero-order valence-electron chi connectivity index (χ0n) is 19.5. The van der Waals surface area contributed by atoms with Gasteiger partial charge in [-0.25, -0.2) is 4.79 Å². The molecule has 0 saturated carbocycles. The fourth-order valence-electron chi connectivity index (χ4n) is 3.88. The van der Waals surface area contributed by atoms with Crippen LogP contribution >= 0.6 is 11.3 Å². The number of ether oxygens (including phenoxy) is 1. The maximum Gasteiger partial charge on any atom is 0.407 e. The number of nitrogens with zero attached hydrogens (tertiary/aromatic N) is 3. The number of aromatic nitrogens is 2. The number of pyridine rings is 1. The molecule has 0 aliphatic heterocycles. The Labute approximate surface area is 206 Å². The van der Waals surface area contributed by atoms with E-state index in [2.05, 4.69) is 26.8 Å². The van der Waals surface area contributed by atoms with Crippen LogP contribution < -0.4 is 10.6 Å². The highest BCUT2D eigenvalue weighted by atomic mass is 32.1. The van der Waals surface area contributed by atoms with Gasteiger partial charge >= 0.3 is 6.09 Å². The highest BCUT2D eigenvalue weighted by Gasteiger charge is 2.27. The van der Waals surface area contributed by atoms with Gasteiger partial charge < -0.3 is 19.9 Å². The van der Waals surface area contributed by atoms with Crippen LogP contribution in [0.15, 0.2) is 35.1 Å². The van der Waals surface area contributed by atoms with Gasteiger partial charge in [-0.1, -0.05) is 5.16 Å². The van der Waals surface area contributed by atoms with Crippen LogP contribution in [0.2, 0.25) is 0 Å². The smallest absolute Gasteiger partial charge is 0.407 e. The van der Waals surface area contributed by atoms with Gasteiger partial charge in [0.1, 0.15) is 22.5 Å². The van der Waals surface area contributed by atoms with Crippen LogP contribution in [-0.2, 0) is 28.9 Å². The minimum atomic E-state index is -0.510. The third kappa shape index (κ3) is 6.13. The molecule has 0 radical (unpaired) electrons. The largest absolute Gasteiger partial charge is 0.449 e. The summed E-state index contributed by atoms with van der Waals surface area (Å²) in [5, 5.41) is 19.6. The Hall–Kier alpha value is -3.97. The number of hydrogen-bond donors (Lipinski definition) is 2. The van der Waals surface area contributed by atoms with Gasteiger partial charge in [-0.3, -0.25) is 9.78 Å². The lowest BCUT2D eigenvalue weighted by Crippen LogP contribution is -2.27. The second-order valence-corrected chi connectivity index (χ2v) is 9.47. The van der Waals surface area contributed by atoms with Crippen LogP contribution in [0.1, 0.15) is 45.0 Å². The van der Waals surface area contributed by atoms with Crippen molar-refractivity contribution in [3.8, 4) is 6.07 Å². The first-order chi connectivity index (χ1) is 16.9. The van der Waals surface area contributed by atoms with Gasteiger partial charge in [0, 0.05) is 29.4 Å². The number of fused-ring (bicyclic) bond motifs is 1. The Morgan fingerprint density at radius 2 is 2.26 bits per heavy atom. The van der Waals surface area contributed by atoms with Crippen molar-refractivity contribution in [1.29, 1.82) is 5.26 Å². The second-order valence-electron chi connectivity index (χ2n) is 8.36. The molecule has 1 atom stereocenters. The molecule has 180 valence electrons. The Morgan fingerprint density at radius 3 is 3.00 bits per heavy atom. The first kappa shape index (κ1) is 24.2. The fourth-order valence-corrected chi connectivity index (χ4v) is 5.20. The predicted octanol–water partition coefficient (Wildman–Crippen LogP) is 4.30. The molecule has 0 aromatic carbocycles. The first-order valence-corrected chi connectivity index (χ1v) is 12.0. The molecular weight excluding hydrogens is 466 g/mol. The number of thiophene rings is 1. The topological polar surface area (TPSA) is 130 Å². The van der Waals surface area contributed by atoms with E-state index >= 15 is 0 Å². The molecule has 9 nitrogen and oxygen atoms in total. The number of carbonyl (C=O) groups excluding carboxylic acids is 2. The van der Waals surface area contributed by atoms with E-state index in [4.69, 9.17) is 9.26 Å².